The summed E-state index contributed by atoms with van der Waals surface area (Å²) < 4.78 is 5.03. The summed E-state index contributed by atoms with van der Waals surface area (Å²) in [4.78, 5) is 4.29. The number of thioether (sulfide) groups is 1. The van der Waals surface area contributed by atoms with Crippen LogP contribution in [-0.2, 0) is 5.54 Å². The topological polar surface area (TPSA) is 64.9 Å². The van der Waals surface area contributed by atoms with Crippen molar-refractivity contribution >= 4 is 11.8 Å². The van der Waals surface area contributed by atoms with Crippen LogP contribution in [-0.4, -0.2) is 21.6 Å². The molecule has 2 rings (SSSR count). The maximum atomic E-state index is 6.47. The molecule has 15 heavy (non-hydrogen) atoms. The molecule has 0 saturated carbocycles. The number of hydrogen-bond acceptors (Lipinski definition) is 5. The van der Waals surface area contributed by atoms with E-state index in [1.807, 2.05) is 11.8 Å². The molecule has 0 bridgehead atoms. The Hall–Kier alpha value is -0.550. The van der Waals surface area contributed by atoms with E-state index in [2.05, 4.69) is 24.0 Å². The van der Waals surface area contributed by atoms with Crippen molar-refractivity contribution in [2.75, 3.05) is 11.5 Å². The minimum Gasteiger partial charge on any atom is -0.340 e. The maximum absolute atomic E-state index is 6.47. The summed E-state index contributed by atoms with van der Waals surface area (Å²) in [7, 11) is 0. The van der Waals surface area contributed by atoms with Gasteiger partial charge in [0.05, 0.1) is 5.54 Å². The smallest absolute Gasteiger partial charge is 0.223 e. The summed E-state index contributed by atoms with van der Waals surface area (Å²) in [6.45, 7) is 6.15. The van der Waals surface area contributed by atoms with Crippen molar-refractivity contribution in [3.8, 4) is 0 Å². The third kappa shape index (κ3) is 1.67. The van der Waals surface area contributed by atoms with Gasteiger partial charge in [-0.3, -0.25) is 0 Å². The molecule has 1 atom stereocenters. The van der Waals surface area contributed by atoms with E-state index in [9.17, 15) is 0 Å². The fraction of sp³-hybridized carbons (Fsp3) is 0.800. The molecule has 1 aromatic rings. The molecule has 1 fully saturated rings. The first-order valence-corrected chi connectivity index (χ1v) is 6.29. The van der Waals surface area contributed by atoms with Crippen LogP contribution in [0, 0.1) is 12.3 Å². The molecule has 1 saturated heterocycles. The van der Waals surface area contributed by atoms with E-state index >= 15 is 0 Å². The Morgan fingerprint density at radius 1 is 1.47 bits per heavy atom. The van der Waals surface area contributed by atoms with Crippen LogP contribution in [0.2, 0.25) is 0 Å². The highest BCUT2D eigenvalue weighted by Crippen LogP contribution is 2.45. The summed E-state index contributed by atoms with van der Waals surface area (Å²) in [5.41, 5.74) is 6.02. The van der Waals surface area contributed by atoms with Crippen LogP contribution in [0.3, 0.4) is 0 Å². The van der Waals surface area contributed by atoms with E-state index in [0.29, 0.717) is 11.7 Å². The normalized spacial score (nSPS) is 30.4. The van der Waals surface area contributed by atoms with Crippen LogP contribution in [0.25, 0.3) is 0 Å². The second-order valence-corrected chi connectivity index (χ2v) is 5.90. The van der Waals surface area contributed by atoms with Crippen LogP contribution in [0.5, 0.6) is 0 Å². The van der Waals surface area contributed by atoms with Gasteiger partial charge in [0.1, 0.15) is 0 Å². The first-order valence-electron chi connectivity index (χ1n) is 5.13. The van der Waals surface area contributed by atoms with E-state index < -0.39 is 5.54 Å². The third-order valence-electron chi connectivity index (χ3n) is 3.34. The Balaban J connectivity index is 2.39. The Morgan fingerprint density at radius 2 is 2.20 bits per heavy atom. The van der Waals surface area contributed by atoms with Crippen LogP contribution >= 0.6 is 11.8 Å². The van der Waals surface area contributed by atoms with E-state index in [1.165, 1.54) is 0 Å². The second kappa shape index (κ2) is 3.49. The monoisotopic (exact) mass is 227 g/mol. The zero-order valence-corrected chi connectivity index (χ0v) is 10.2. The first kappa shape index (κ1) is 11.0. The van der Waals surface area contributed by atoms with Gasteiger partial charge >= 0.3 is 0 Å². The van der Waals surface area contributed by atoms with Crippen LogP contribution < -0.4 is 5.73 Å². The molecule has 4 nitrogen and oxygen atoms in total. The van der Waals surface area contributed by atoms with Crippen LogP contribution in [0.1, 0.15) is 32.0 Å². The minimum absolute atomic E-state index is 0.0224. The number of rotatable bonds is 1. The molecule has 2 heterocycles. The second-order valence-electron chi connectivity index (χ2n) is 4.79. The lowest BCUT2D eigenvalue weighted by atomic mass is 9.71. The maximum Gasteiger partial charge on any atom is 0.223 e. The molecule has 0 aliphatic carbocycles. The van der Waals surface area contributed by atoms with E-state index in [-0.39, 0.29) is 5.41 Å². The molecule has 1 aromatic heterocycles. The van der Waals surface area contributed by atoms with E-state index in [4.69, 9.17) is 10.3 Å². The Morgan fingerprint density at radius 3 is 2.73 bits per heavy atom. The number of nitrogens with zero attached hydrogens (tertiary/aromatic N) is 2. The summed E-state index contributed by atoms with van der Waals surface area (Å²) in [6, 6.07) is 0. The first-order chi connectivity index (χ1) is 6.96. The molecule has 1 aliphatic heterocycles. The molecule has 0 aromatic carbocycles. The van der Waals surface area contributed by atoms with Gasteiger partial charge in [-0.05, 0) is 17.6 Å². The highest BCUT2D eigenvalue weighted by Gasteiger charge is 2.48. The Kier molecular flexibility index (Phi) is 2.55. The van der Waals surface area contributed by atoms with Gasteiger partial charge in [-0.25, -0.2) is 0 Å². The fourth-order valence-corrected chi connectivity index (χ4v) is 3.47. The minimum atomic E-state index is -0.465. The van der Waals surface area contributed by atoms with Gasteiger partial charge in [-0.2, -0.15) is 16.7 Å². The van der Waals surface area contributed by atoms with Gasteiger partial charge in [0.15, 0.2) is 5.82 Å². The summed E-state index contributed by atoms with van der Waals surface area (Å²) >= 11 is 1.86. The zero-order valence-electron chi connectivity index (χ0n) is 9.41. The molecule has 0 radical (unpaired) electrons. The van der Waals surface area contributed by atoms with Gasteiger partial charge in [0.25, 0.3) is 0 Å². The van der Waals surface area contributed by atoms with Crippen molar-refractivity contribution in [1.29, 1.82) is 0 Å². The van der Waals surface area contributed by atoms with Gasteiger partial charge in [0, 0.05) is 12.7 Å². The van der Waals surface area contributed by atoms with Crippen molar-refractivity contribution in [1.82, 2.24) is 10.1 Å². The average molecular weight is 227 g/mol. The number of aryl methyl sites for hydroxylation is 1. The molecule has 0 amide bonds. The summed E-state index contributed by atoms with van der Waals surface area (Å²) in [6.07, 6.45) is 1.09. The lowest BCUT2D eigenvalue weighted by Gasteiger charge is -2.45. The number of hydrogen-bond donors (Lipinski definition) is 1. The largest absolute Gasteiger partial charge is 0.340 e. The van der Waals surface area contributed by atoms with Gasteiger partial charge in [0.2, 0.25) is 5.89 Å². The quantitative estimate of drug-likeness (QED) is 0.791. The number of nitrogens with two attached hydrogens (primary N) is 1. The number of aromatic nitrogens is 2. The molecule has 5 heteroatoms. The van der Waals surface area contributed by atoms with Crippen molar-refractivity contribution in [2.45, 2.75) is 32.7 Å². The predicted octanol–water partition coefficient (Wildman–Crippen LogP) is 1.70. The molecular weight excluding hydrogens is 210 g/mol. The Labute approximate surface area is 94.0 Å². The third-order valence-corrected chi connectivity index (χ3v) is 4.49. The molecule has 0 spiro atoms. The molecular formula is C10H17N3OS. The predicted molar refractivity (Wildman–Crippen MR) is 60.6 cm³/mol. The zero-order chi connectivity index (χ0) is 11.1. The lowest BCUT2D eigenvalue weighted by Crippen LogP contribution is -2.55. The highest BCUT2D eigenvalue weighted by atomic mass is 32.2. The molecule has 84 valence electrons. The standard InChI is InChI=1S/C10H17N3OS/c1-7-12-8(13-14-7)10(11)6-15-5-4-9(10,2)3/h4-6,11H2,1-3H3. The van der Waals surface area contributed by atoms with E-state index in [1.54, 1.807) is 6.92 Å². The van der Waals surface area contributed by atoms with Crippen molar-refractivity contribution in [3.05, 3.63) is 11.7 Å². The molecule has 1 aliphatic rings. The van der Waals surface area contributed by atoms with Gasteiger partial charge in [-0.1, -0.05) is 19.0 Å². The fourth-order valence-electron chi connectivity index (χ4n) is 1.83. The van der Waals surface area contributed by atoms with Crippen LogP contribution in [0.4, 0.5) is 0 Å². The average Bonchev–Trinajstić information content (AvgIpc) is 2.58. The van der Waals surface area contributed by atoms with Gasteiger partial charge in [-0.15, -0.1) is 0 Å². The van der Waals surface area contributed by atoms with Gasteiger partial charge < -0.3 is 10.3 Å². The van der Waals surface area contributed by atoms with Crippen molar-refractivity contribution < 1.29 is 4.52 Å². The molecule has 1 unspecified atom stereocenters. The van der Waals surface area contributed by atoms with E-state index in [0.717, 1.165) is 17.9 Å². The lowest BCUT2D eigenvalue weighted by molar-refractivity contribution is 0.161. The van der Waals surface area contributed by atoms with Crippen LogP contribution in [0.15, 0.2) is 4.52 Å². The summed E-state index contributed by atoms with van der Waals surface area (Å²) in [5, 5.41) is 3.98. The Bertz CT molecular complexity index is 363. The van der Waals surface area contributed by atoms with Crippen molar-refractivity contribution in [3.63, 3.8) is 0 Å². The highest BCUT2D eigenvalue weighted by molar-refractivity contribution is 7.99. The SMILES string of the molecule is Cc1nc(C2(N)CSCCC2(C)C)no1. The van der Waals surface area contributed by atoms with Crippen molar-refractivity contribution in [2.24, 2.45) is 11.1 Å². The molecule has 2 N–H and O–H groups in total. The summed E-state index contributed by atoms with van der Waals surface area (Å²) in [5.74, 6) is 3.25.